The van der Waals surface area contributed by atoms with E-state index in [-0.39, 0.29) is 44.9 Å². The van der Waals surface area contributed by atoms with E-state index in [0.29, 0.717) is 0 Å². The molecule has 0 fully saturated rings. The third-order valence-electron chi connectivity index (χ3n) is 3.63. The van der Waals surface area contributed by atoms with Crippen LogP contribution in [0.15, 0.2) is 43.0 Å². The normalized spacial score (nSPS) is 12.5. The number of phenolic OH excluding ortho intramolecular Hbond substituents is 1. The lowest BCUT2D eigenvalue weighted by Gasteiger charge is -2.20. The van der Waals surface area contributed by atoms with Crippen molar-refractivity contribution in [3.63, 3.8) is 0 Å². The van der Waals surface area contributed by atoms with Crippen LogP contribution in [0.4, 0.5) is 0 Å². The molecule has 5 heteroatoms. The smallest absolute Gasteiger partial charge is 0.248 e. The zero-order valence-electron chi connectivity index (χ0n) is 11.4. The van der Waals surface area contributed by atoms with Crippen molar-refractivity contribution in [1.29, 1.82) is 0 Å². The number of nitrogens with two attached hydrogens (primary N) is 1. The summed E-state index contributed by atoms with van der Waals surface area (Å²) in [7, 11) is 0. The number of rotatable bonds is 2. The fourth-order valence-electron chi connectivity index (χ4n) is 2.58. The van der Waals surface area contributed by atoms with Gasteiger partial charge in [0.2, 0.25) is 5.91 Å². The van der Waals surface area contributed by atoms with Gasteiger partial charge in [-0.15, -0.1) is 0 Å². The highest BCUT2D eigenvalue weighted by Gasteiger charge is 2.33. The maximum absolute atomic E-state index is 12.7. The van der Waals surface area contributed by atoms with Crippen LogP contribution in [-0.4, -0.2) is 22.6 Å². The number of fused-ring (bicyclic) bond motifs is 2. The van der Waals surface area contributed by atoms with E-state index in [4.69, 9.17) is 5.73 Å². The van der Waals surface area contributed by atoms with Gasteiger partial charge in [-0.2, -0.15) is 0 Å². The van der Waals surface area contributed by atoms with Gasteiger partial charge in [-0.3, -0.25) is 14.4 Å². The molecule has 0 spiro atoms. The summed E-state index contributed by atoms with van der Waals surface area (Å²) < 4.78 is 0. The average molecular weight is 293 g/mol. The van der Waals surface area contributed by atoms with Gasteiger partial charge in [-0.25, -0.2) is 0 Å². The molecule has 1 aliphatic carbocycles. The second kappa shape index (κ2) is 4.66. The SMILES string of the molecule is C=C(C(N)=O)c1cc(O)cc2c1C(=O)c1ccccc1C2=O. The largest absolute Gasteiger partial charge is 0.508 e. The third kappa shape index (κ3) is 1.83. The molecule has 22 heavy (non-hydrogen) atoms. The Labute approximate surface area is 125 Å². The first-order valence-electron chi connectivity index (χ1n) is 6.46. The van der Waals surface area contributed by atoms with Crippen molar-refractivity contribution in [3.8, 4) is 5.75 Å². The highest BCUT2D eigenvalue weighted by molar-refractivity contribution is 6.32. The van der Waals surface area contributed by atoms with E-state index in [2.05, 4.69) is 6.58 Å². The van der Waals surface area contributed by atoms with Gasteiger partial charge in [-0.05, 0) is 12.1 Å². The Balaban J connectivity index is 2.35. The van der Waals surface area contributed by atoms with Crippen LogP contribution >= 0.6 is 0 Å². The Morgan fingerprint density at radius 3 is 2.18 bits per heavy atom. The standard InChI is InChI=1S/C17H11NO4/c1-8(17(18)22)12-6-9(19)7-13-14(12)16(21)11-5-3-2-4-10(11)15(13)20/h2-7,19H,1H2,(H2,18,22). The van der Waals surface area contributed by atoms with Crippen LogP contribution in [0.1, 0.15) is 37.4 Å². The number of ketones is 2. The van der Waals surface area contributed by atoms with Crippen molar-refractivity contribution in [2.24, 2.45) is 5.73 Å². The molecule has 0 atom stereocenters. The van der Waals surface area contributed by atoms with Gasteiger partial charge in [0.15, 0.2) is 11.6 Å². The lowest BCUT2D eigenvalue weighted by atomic mass is 9.80. The Hall–Kier alpha value is -3.21. The average Bonchev–Trinajstić information content (AvgIpc) is 2.51. The van der Waals surface area contributed by atoms with Crippen LogP contribution in [0.3, 0.4) is 0 Å². The highest BCUT2D eigenvalue weighted by Crippen LogP contribution is 2.34. The molecule has 3 rings (SSSR count). The fourth-order valence-corrected chi connectivity index (χ4v) is 2.58. The second-order valence-corrected chi connectivity index (χ2v) is 4.96. The van der Waals surface area contributed by atoms with Crippen molar-refractivity contribution in [3.05, 3.63) is 70.8 Å². The third-order valence-corrected chi connectivity index (χ3v) is 3.63. The first-order valence-corrected chi connectivity index (χ1v) is 6.46. The summed E-state index contributed by atoms with van der Waals surface area (Å²) >= 11 is 0. The summed E-state index contributed by atoms with van der Waals surface area (Å²) in [5.74, 6) is -1.86. The Bertz CT molecular complexity index is 880. The predicted molar refractivity (Wildman–Crippen MR) is 79.6 cm³/mol. The van der Waals surface area contributed by atoms with Gasteiger partial charge in [0, 0.05) is 33.4 Å². The van der Waals surface area contributed by atoms with Gasteiger partial charge in [0.25, 0.3) is 0 Å². The van der Waals surface area contributed by atoms with Gasteiger partial charge in [0.1, 0.15) is 5.75 Å². The topological polar surface area (TPSA) is 97.5 Å². The molecule has 5 nitrogen and oxygen atoms in total. The first-order chi connectivity index (χ1) is 10.4. The second-order valence-electron chi connectivity index (χ2n) is 4.96. The molecule has 3 N–H and O–H groups in total. The molecule has 108 valence electrons. The molecule has 0 aromatic heterocycles. The molecule has 2 aromatic rings. The molecule has 0 saturated carbocycles. The molecule has 0 heterocycles. The monoisotopic (exact) mass is 293 g/mol. The van der Waals surface area contributed by atoms with Crippen LogP contribution in [0.25, 0.3) is 5.57 Å². The van der Waals surface area contributed by atoms with E-state index in [1.54, 1.807) is 24.3 Å². The Morgan fingerprint density at radius 1 is 1.00 bits per heavy atom. The minimum Gasteiger partial charge on any atom is -0.508 e. The zero-order valence-corrected chi connectivity index (χ0v) is 11.4. The van der Waals surface area contributed by atoms with Crippen molar-refractivity contribution in [1.82, 2.24) is 0 Å². The molecule has 1 aliphatic rings. The number of phenols is 1. The Kier molecular flexibility index (Phi) is 2.92. The number of carbonyl (C=O) groups excluding carboxylic acids is 3. The van der Waals surface area contributed by atoms with Crippen molar-refractivity contribution in [2.45, 2.75) is 0 Å². The van der Waals surface area contributed by atoms with Gasteiger partial charge in [-0.1, -0.05) is 30.8 Å². The number of carbonyl (C=O) groups is 3. The van der Waals surface area contributed by atoms with E-state index in [1.165, 1.54) is 12.1 Å². The van der Waals surface area contributed by atoms with E-state index in [9.17, 15) is 19.5 Å². The van der Waals surface area contributed by atoms with Gasteiger partial charge >= 0.3 is 0 Å². The lowest BCUT2D eigenvalue weighted by Crippen LogP contribution is -2.24. The minimum absolute atomic E-state index is 0.0427. The molecule has 0 radical (unpaired) electrons. The summed E-state index contributed by atoms with van der Waals surface area (Å²) in [6.07, 6.45) is 0. The lowest BCUT2D eigenvalue weighted by molar-refractivity contribution is -0.112. The first kappa shape index (κ1) is 13.8. The molecule has 2 aromatic carbocycles. The molecular formula is C17H11NO4. The van der Waals surface area contributed by atoms with Crippen LogP contribution in [-0.2, 0) is 4.79 Å². The molecule has 0 bridgehead atoms. The van der Waals surface area contributed by atoms with E-state index >= 15 is 0 Å². The van der Waals surface area contributed by atoms with Crippen LogP contribution in [0, 0.1) is 0 Å². The van der Waals surface area contributed by atoms with E-state index in [1.807, 2.05) is 0 Å². The maximum atomic E-state index is 12.7. The summed E-state index contributed by atoms with van der Waals surface area (Å²) in [5.41, 5.74) is 5.77. The number of benzene rings is 2. The molecule has 1 amide bonds. The van der Waals surface area contributed by atoms with Crippen LogP contribution in [0.2, 0.25) is 0 Å². The molecular weight excluding hydrogens is 282 g/mol. The number of hydrogen-bond donors (Lipinski definition) is 2. The van der Waals surface area contributed by atoms with Gasteiger partial charge in [0.05, 0.1) is 0 Å². The molecule has 0 unspecified atom stereocenters. The van der Waals surface area contributed by atoms with Crippen molar-refractivity contribution >= 4 is 23.0 Å². The van der Waals surface area contributed by atoms with Crippen LogP contribution in [0.5, 0.6) is 5.75 Å². The minimum atomic E-state index is -0.827. The van der Waals surface area contributed by atoms with Crippen LogP contribution < -0.4 is 5.73 Å². The quantitative estimate of drug-likeness (QED) is 0.702. The van der Waals surface area contributed by atoms with E-state index < -0.39 is 11.7 Å². The number of primary amides is 1. The Morgan fingerprint density at radius 2 is 1.59 bits per heavy atom. The maximum Gasteiger partial charge on any atom is 0.248 e. The molecule has 0 aliphatic heterocycles. The number of hydrogen-bond acceptors (Lipinski definition) is 4. The zero-order chi connectivity index (χ0) is 16.0. The summed E-state index contributed by atoms with van der Waals surface area (Å²) in [6, 6.07) is 8.82. The summed E-state index contributed by atoms with van der Waals surface area (Å²) in [6.45, 7) is 3.54. The predicted octanol–water partition coefficient (Wildman–Crippen LogP) is 1.67. The van der Waals surface area contributed by atoms with Crippen molar-refractivity contribution in [2.75, 3.05) is 0 Å². The van der Waals surface area contributed by atoms with E-state index in [0.717, 1.165) is 0 Å². The number of amides is 1. The summed E-state index contributed by atoms with van der Waals surface area (Å²) in [4.78, 5) is 36.6. The highest BCUT2D eigenvalue weighted by atomic mass is 16.3. The fraction of sp³-hybridized carbons (Fsp3) is 0. The van der Waals surface area contributed by atoms with Gasteiger partial charge < -0.3 is 10.8 Å². The summed E-state index contributed by atoms with van der Waals surface area (Å²) in [5, 5.41) is 9.80. The van der Waals surface area contributed by atoms with Crippen molar-refractivity contribution < 1.29 is 19.5 Å². The number of aromatic hydroxyl groups is 1. The molecule has 0 saturated heterocycles.